The van der Waals surface area contributed by atoms with Crippen molar-refractivity contribution in [2.45, 2.75) is 19.9 Å². The van der Waals surface area contributed by atoms with Gasteiger partial charge < -0.3 is 9.73 Å². The van der Waals surface area contributed by atoms with E-state index in [4.69, 9.17) is 4.42 Å². The number of hydrogen-bond donors (Lipinski definition) is 1. The number of amides is 1. The Balaban J connectivity index is 1.60. The van der Waals surface area contributed by atoms with E-state index in [9.17, 15) is 4.79 Å². The first kappa shape index (κ1) is 14.5. The van der Waals surface area contributed by atoms with Crippen molar-refractivity contribution >= 4 is 17.2 Å². The molecule has 0 bridgehead atoms. The predicted octanol–water partition coefficient (Wildman–Crippen LogP) is 3.57. The van der Waals surface area contributed by atoms with Gasteiger partial charge in [0, 0.05) is 10.9 Å². The molecule has 0 saturated carbocycles. The maximum Gasteiger partial charge on any atom is 0.226 e. The minimum atomic E-state index is -0.0579. The summed E-state index contributed by atoms with van der Waals surface area (Å²) >= 11 is 1.56. The second kappa shape index (κ2) is 6.58. The molecule has 0 aliphatic carbocycles. The number of rotatable bonds is 5. The van der Waals surface area contributed by atoms with E-state index in [1.807, 2.05) is 23.6 Å². The van der Waals surface area contributed by atoms with Gasteiger partial charge in [-0.2, -0.15) is 0 Å². The fourth-order valence-corrected chi connectivity index (χ4v) is 2.94. The van der Waals surface area contributed by atoms with Crippen LogP contribution in [0, 0.1) is 6.92 Å². The van der Waals surface area contributed by atoms with E-state index in [2.05, 4.69) is 29.4 Å². The molecule has 112 valence electrons. The zero-order valence-electron chi connectivity index (χ0n) is 12.2. The lowest BCUT2D eigenvalue weighted by Crippen LogP contribution is -2.24. The van der Waals surface area contributed by atoms with Gasteiger partial charge in [0.05, 0.1) is 24.9 Å². The standard InChI is InChI=1S/C17H16N2O2S/c1-12-4-2-5-13(8-12)17-19-14(11-22-17)9-16(20)18-10-15-6-3-7-21-15/h2-8,11H,9-10H2,1H3,(H,18,20). The molecule has 5 heteroatoms. The summed E-state index contributed by atoms with van der Waals surface area (Å²) in [6.45, 7) is 2.46. The molecule has 0 spiro atoms. The van der Waals surface area contributed by atoms with Crippen molar-refractivity contribution in [3.05, 3.63) is 65.1 Å². The maximum absolute atomic E-state index is 11.9. The third-order valence-electron chi connectivity index (χ3n) is 3.20. The largest absolute Gasteiger partial charge is 0.467 e. The summed E-state index contributed by atoms with van der Waals surface area (Å²) in [5.41, 5.74) is 3.08. The summed E-state index contributed by atoms with van der Waals surface area (Å²) in [5, 5.41) is 5.70. The second-order valence-corrected chi connectivity index (χ2v) is 5.90. The molecule has 1 aromatic carbocycles. The first-order valence-corrected chi connectivity index (χ1v) is 7.89. The van der Waals surface area contributed by atoms with Crippen LogP contribution in [0.5, 0.6) is 0 Å². The van der Waals surface area contributed by atoms with Gasteiger partial charge in [0.2, 0.25) is 5.91 Å². The van der Waals surface area contributed by atoms with E-state index in [-0.39, 0.29) is 12.3 Å². The molecule has 4 nitrogen and oxygen atoms in total. The van der Waals surface area contributed by atoms with Gasteiger partial charge in [0.1, 0.15) is 10.8 Å². The van der Waals surface area contributed by atoms with Crippen LogP contribution in [0.25, 0.3) is 10.6 Å². The van der Waals surface area contributed by atoms with Crippen molar-refractivity contribution in [3.8, 4) is 10.6 Å². The van der Waals surface area contributed by atoms with E-state index in [1.165, 1.54) is 5.56 Å². The van der Waals surface area contributed by atoms with Gasteiger partial charge in [-0.3, -0.25) is 4.79 Å². The Labute approximate surface area is 132 Å². The van der Waals surface area contributed by atoms with Crippen LogP contribution >= 0.6 is 11.3 Å². The fourth-order valence-electron chi connectivity index (χ4n) is 2.12. The van der Waals surface area contributed by atoms with Crippen LogP contribution in [0.4, 0.5) is 0 Å². The molecule has 3 aromatic rings. The van der Waals surface area contributed by atoms with Crippen LogP contribution in [0.15, 0.2) is 52.5 Å². The number of carbonyl (C=O) groups is 1. The van der Waals surface area contributed by atoms with Gasteiger partial charge in [-0.15, -0.1) is 11.3 Å². The van der Waals surface area contributed by atoms with E-state index in [0.29, 0.717) is 6.54 Å². The smallest absolute Gasteiger partial charge is 0.226 e. The number of thiazole rings is 1. The highest BCUT2D eigenvalue weighted by Gasteiger charge is 2.09. The highest BCUT2D eigenvalue weighted by molar-refractivity contribution is 7.13. The number of hydrogen-bond acceptors (Lipinski definition) is 4. The molecule has 0 radical (unpaired) electrons. The molecule has 1 N–H and O–H groups in total. The van der Waals surface area contributed by atoms with E-state index < -0.39 is 0 Å². The van der Waals surface area contributed by atoms with E-state index in [1.54, 1.807) is 23.7 Å². The molecule has 0 saturated heterocycles. The molecule has 0 atom stereocenters. The minimum Gasteiger partial charge on any atom is -0.467 e. The van der Waals surface area contributed by atoms with Crippen LogP contribution in [0.2, 0.25) is 0 Å². The Morgan fingerprint density at radius 2 is 2.23 bits per heavy atom. The van der Waals surface area contributed by atoms with Gasteiger partial charge in [0.25, 0.3) is 0 Å². The van der Waals surface area contributed by atoms with Crippen LogP contribution in [0.3, 0.4) is 0 Å². The molecule has 0 unspecified atom stereocenters. The first-order valence-electron chi connectivity index (χ1n) is 7.01. The molecule has 0 aliphatic rings. The van der Waals surface area contributed by atoms with Crippen molar-refractivity contribution in [2.75, 3.05) is 0 Å². The number of furan rings is 1. The van der Waals surface area contributed by atoms with Crippen molar-refractivity contribution in [1.82, 2.24) is 10.3 Å². The molecule has 1 amide bonds. The average Bonchev–Trinajstić information content (AvgIpc) is 3.16. The van der Waals surface area contributed by atoms with Crippen molar-refractivity contribution < 1.29 is 9.21 Å². The first-order chi connectivity index (χ1) is 10.7. The lowest BCUT2D eigenvalue weighted by atomic mass is 10.1. The van der Waals surface area contributed by atoms with Crippen LogP contribution < -0.4 is 5.32 Å². The number of aryl methyl sites for hydroxylation is 1. The van der Waals surface area contributed by atoms with Crippen LogP contribution in [-0.4, -0.2) is 10.9 Å². The second-order valence-electron chi connectivity index (χ2n) is 5.05. The Bertz CT molecular complexity index is 763. The van der Waals surface area contributed by atoms with Crippen molar-refractivity contribution in [3.63, 3.8) is 0 Å². The summed E-state index contributed by atoms with van der Waals surface area (Å²) < 4.78 is 5.18. The Morgan fingerprint density at radius 1 is 1.32 bits per heavy atom. The van der Waals surface area contributed by atoms with E-state index >= 15 is 0 Å². The zero-order chi connectivity index (χ0) is 15.4. The van der Waals surface area contributed by atoms with Gasteiger partial charge in [0.15, 0.2) is 0 Å². The van der Waals surface area contributed by atoms with Gasteiger partial charge in [-0.25, -0.2) is 4.98 Å². The monoisotopic (exact) mass is 312 g/mol. The number of carbonyl (C=O) groups excluding carboxylic acids is 1. The molecule has 0 aliphatic heterocycles. The minimum absolute atomic E-state index is 0.0579. The summed E-state index contributed by atoms with van der Waals surface area (Å²) in [6.07, 6.45) is 1.87. The quantitative estimate of drug-likeness (QED) is 0.783. The topological polar surface area (TPSA) is 55.1 Å². The lowest BCUT2D eigenvalue weighted by Gasteiger charge is -2.01. The molecule has 0 fully saturated rings. The average molecular weight is 312 g/mol. The van der Waals surface area contributed by atoms with Crippen LogP contribution in [0.1, 0.15) is 17.0 Å². The maximum atomic E-state index is 11.9. The van der Waals surface area contributed by atoms with Crippen molar-refractivity contribution in [1.29, 1.82) is 0 Å². The fraction of sp³-hybridized carbons (Fsp3) is 0.176. The highest BCUT2D eigenvalue weighted by Crippen LogP contribution is 2.24. The number of nitrogens with one attached hydrogen (secondary N) is 1. The van der Waals surface area contributed by atoms with Gasteiger partial charge in [-0.05, 0) is 25.1 Å². The molecule has 2 heterocycles. The SMILES string of the molecule is Cc1cccc(-c2nc(CC(=O)NCc3ccco3)cs2)c1. The normalized spacial score (nSPS) is 10.6. The molecule has 2 aromatic heterocycles. The lowest BCUT2D eigenvalue weighted by molar-refractivity contribution is -0.120. The third-order valence-corrected chi connectivity index (χ3v) is 4.14. The van der Waals surface area contributed by atoms with Crippen LogP contribution in [-0.2, 0) is 17.8 Å². The molecular formula is C17H16N2O2S. The predicted molar refractivity (Wildman–Crippen MR) is 86.5 cm³/mol. The Kier molecular flexibility index (Phi) is 4.34. The summed E-state index contributed by atoms with van der Waals surface area (Å²) in [5.74, 6) is 0.685. The molecule has 22 heavy (non-hydrogen) atoms. The molecular weight excluding hydrogens is 296 g/mol. The van der Waals surface area contributed by atoms with Gasteiger partial charge >= 0.3 is 0 Å². The highest BCUT2D eigenvalue weighted by atomic mass is 32.1. The zero-order valence-corrected chi connectivity index (χ0v) is 13.0. The Morgan fingerprint density at radius 3 is 3.00 bits per heavy atom. The van der Waals surface area contributed by atoms with E-state index in [0.717, 1.165) is 22.0 Å². The van der Waals surface area contributed by atoms with Crippen molar-refractivity contribution in [2.24, 2.45) is 0 Å². The van der Waals surface area contributed by atoms with Gasteiger partial charge in [-0.1, -0.05) is 23.8 Å². The summed E-state index contributed by atoms with van der Waals surface area (Å²) in [6, 6.07) is 11.8. The molecule has 3 rings (SSSR count). The Hall–Kier alpha value is -2.40. The number of aromatic nitrogens is 1. The summed E-state index contributed by atoms with van der Waals surface area (Å²) in [4.78, 5) is 16.5. The number of nitrogens with zero attached hydrogens (tertiary/aromatic N) is 1. The number of benzene rings is 1. The third kappa shape index (κ3) is 3.62. The summed E-state index contributed by atoms with van der Waals surface area (Å²) in [7, 11) is 0.